The quantitative estimate of drug-likeness (QED) is 0.739. The maximum Gasteiger partial charge on any atom is 0.183 e. The molecular weight excluding hydrogens is 273 g/mol. The molecule has 0 saturated heterocycles. The van der Waals surface area contributed by atoms with Crippen LogP contribution in [0.15, 0.2) is 36.5 Å². The summed E-state index contributed by atoms with van der Waals surface area (Å²) in [4.78, 5) is 16.8. The minimum atomic E-state index is 0.0720. The van der Waals surface area contributed by atoms with Crippen LogP contribution in [0, 0.1) is 6.92 Å². The van der Waals surface area contributed by atoms with Gasteiger partial charge in [0.05, 0.1) is 12.6 Å². The summed E-state index contributed by atoms with van der Waals surface area (Å²) in [6, 6.07) is 8.37. The van der Waals surface area contributed by atoms with Crippen molar-refractivity contribution in [3.63, 3.8) is 0 Å². The average molecular weight is 285 g/mol. The van der Waals surface area contributed by atoms with Crippen molar-refractivity contribution < 1.29 is 14.2 Å². The number of fused-ring (bicyclic) bond motifs is 1. The predicted octanol–water partition coefficient (Wildman–Crippen LogP) is 3.27. The lowest BCUT2D eigenvalue weighted by atomic mass is 10.1. The van der Waals surface area contributed by atoms with Crippen molar-refractivity contribution in [2.75, 3.05) is 7.11 Å². The normalized spacial score (nSPS) is 10.6. The molecule has 106 valence electrons. The lowest BCUT2D eigenvalue weighted by Gasteiger charge is -2.07. The van der Waals surface area contributed by atoms with Crippen LogP contribution in [-0.4, -0.2) is 22.1 Å². The molecule has 21 heavy (non-hydrogen) atoms. The van der Waals surface area contributed by atoms with Crippen LogP contribution in [0.5, 0.6) is 11.5 Å². The summed E-state index contributed by atoms with van der Waals surface area (Å²) in [5.74, 6) is 1.11. The number of rotatable bonds is 3. The van der Waals surface area contributed by atoms with Gasteiger partial charge < -0.3 is 4.74 Å². The number of hydrogen-bond donors (Lipinski definition) is 0. The number of aromatic nitrogens is 3. The lowest BCUT2D eigenvalue weighted by molar-refractivity contribution is -0.00424. The molecule has 3 aromatic rings. The molecular formula is C15H12FN3O2. The minimum absolute atomic E-state index is 0.0720. The lowest BCUT2D eigenvalue weighted by Crippen LogP contribution is -1.95. The zero-order chi connectivity index (χ0) is 14.8. The van der Waals surface area contributed by atoms with Gasteiger partial charge in [0.25, 0.3) is 0 Å². The number of benzene rings is 1. The number of methoxy groups -OCH3 is 1. The second-order valence-electron chi connectivity index (χ2n) is 4.49. The summed E-state index contributed by atoms with van der Waals surface area (Å²) in [5.41, 5.74) is 1.78. The highest BCUT2D eigenvalue weighted by molar-refractivity contribution is 5.88. The van der Waals surface area contributed by atoms with Crippen molar-refractivity contribution >= 4 is 10.9 Å². The highest BCUT2D eigenvalue weighted by Crippen LogP contribution is 2.31. The van der Waals surface area contributed by atoms with Crippen LogP contribution < -0.4 is 9.68 Å². The van der Waals surface area contributed by atoms with Crippen molar-refractivity contribution in [1.29, 1.82) is 0 Å². The van der Waals surface area contributed by atoms with E-state index < -0.39 is 0 Å². The molecule has 0 aliphatic carbocycles. The molecule has 0 bridgehead atoms. The molecule has 0 spiro atoms. The third-order valence-electron chi connectivity index (χ3n) is 3.09. The first-order valence-electron chi connectivity index (χ1n) is 6.28. The number of pyridine rings is 1. The van der Waals surface area contributed by atoms with E-state index in [1.54, 1.807) is 37.6 Å². The van der Waals surface area contributed by atoms with E-state index in [0.717, 1.165) is 5.69 Å². The smallest absolute Gasteiger partial charge is 0.183 e. The van der Waals surface area contributed by atoms with Crippen molar-refractivity contribution in [3.05, 3.63) is 42.2 Å². The number of aryl methyl sites for hydroxylation is 1. The molecule has 0 radical (unpaired) electrons. The standard InChI is InChI=1S/C15H12FN3O2/c1-9-5-6-17-15(18-9)13-8-14(21-16)11-4-3-10(20-2)7-12(11)19-13/h3-8H,1-2H3. The largest absolute Gasteiger partial charge is 0.497 e. The Hall–Kier alpha value is -2.76. The average Bonchev–Trinajstić information content (AvgIpc) is 2.53. The van der Waals surface area contributed by atoms with E-state index in [1.807, 2.05) is 6.92 Å². The van der Waals surface area contributed by atoms with Crippen LogP contribution >= 0.6 is 0 Å². The Balaban J connectivity index is 2.24. The zero-order valence-electron chi connectivity index (χ0n) is 11.5. The maximum atomic E-state index is 12.8. The van der Waals surface area contributed by atoms with Crippen molar-refractivity contribution in [2.45, 2.75) is 6.92 Å². The number of ether oxygens (including phenoxy) is 1. The Morgan fingerprint density at radius 1 is 1.10 bits per heavy atom. The second-order valence-corrected chi connectivity index (χ2v) is 4.49. The van der Waals surface area contributed by atoms with E-state index in [1.165, 1.54) is 6.07 Å². The van der Waals surface area contributed by atoms with E-state index in [2.05, 4.69) is 19.9 Å². The summed E-state index contributed by atoms with van der Waals surface area (Å²) in [6.45, 7) is 1.85. The molecule has 2 aromatic heterocycles. The Morgan fingerprint density at radius 3 is 2.67 bits per heavy atom. The first-order valence-corrected chi connectivity index (χ1v) is 6.28. The van der Waals surface area contributed by atoms with E-state index >= 15 is 0 Å². The van der Waals surface area contributed by atoms with E-state index in [9.17, 15) is 4.53 Å². The van der Waals surface area contributed by atoms with Gasteiger partial charge in [-0.05, 0) is 25.1 Å². The highest BCUT2D eigenvalue weighted by Gasteiger charge is 2.12. The summed E-state index contributed by atoms with van der Waals surface area (Å²) in [6.07, 6.45) is 1.63. The summed E-state index contributed by atoms with van der Waals surface area (Å²) < 4.78 is 18.0. The van der Waals surface area contributed by atoms with Crippen LogP contribution in [0.3, 0.4) is 0 Å². The van der Waals surface area contributed by atoms with E-state index in [-0.39, 0.29) is 5.75 Å². The van der Waals surface area contributed by atoms with Crippen LogP contribution in [0.2, 0.25) is 0 Å². The molecule has 1 aromatic carbocycles. The van der Waals surface area contributed by atoms with Crippen LogP contribution in [0.25, 0.3) is 22.4 Å². The molecule has 0 amide bonds. The highest BCUT2D eigenvalue weighted by atomic mass is 19.3. The minimum Gasteiger partial charge on any atom is -0.497 e. The van der Waals surface area contributed by atoms with Gasteiger partial charge in [0.1, 0.15) is 11.4 Å². The van der Waals surface area contributed by atoms with Gasteiger partial charge in [-0.3, -0.25) is 4.94 Å². The fraction of sp³-hybridized carbons (Fsp3) is 0.133. The van der Waals surface area contributed by atoms with E-state index in [0.29, 0.717) is 28.2 Å². The second kappa shape index (κ2) is 5.32. The predicted molar refractivity (Wildman–Crippen MR) is 75.8 cm³/mol. The zero-order valence-corrected chi connectivity index (χ0v) is 11.5. The monoisotopic (exact) mass is 285 g/mol. The number of hydrogen-bond acceptors (Lipinski definition) is 5. The molecule has 6 heteroatoms. The molecule has 5 nitrogen and oxygen atoms in total. The van der Waals surface area contributed by atoms with Gasteiger partial charge in [0, 0.05) is 33.9 Å². The molecule has 0 N–H and O–H groups in total. The van der Waals surface area contributed by atoms with Gasteiger partial charge >= 0.3 is 0 Å². The molecule has 0 saturated carbocycles. The molecule has 3 rings (SSSR count). The molecule has 2 heterocycles. The summed E-state index contributed by atoms with van der Waals surface area (Å²) in [5, 5.41) is 0.551. The summed E-state index contributed by atoms with van der Waals surface area (Å²) >= 11 is 0. The third kappa shape index (κ3) is 2.47. The van der Waals surface area contributed by atoms with Gasteiger partial charge in [-0.25, -0.2) is 15.0 Å². The van der Waals surface area contributed by atoms with Crippen LogP contribution in [0.1, 0.15) is 5.69 Å². The van der Waals surface area contributed by atoms with Crippen molar-refractivity contribution in [2.24, 2.45) is 0 Å². The molecule has 0 aliphatic rings. The number of halogens is 1. The maximum absolute atomic E-state index is 12.8. The van der Waals surface area contributed by atoms with Gasteiger partial charge in [-0.1, -0.05) is 0 Å². The Kier molecular flexibility index (Phi) is 3.35. The first-order chi connectivity index (χ1) is 10.2. The fourth-order valence-corrected chi connectivity index (χ4v) is 2.05. The molecule has 0 aliphatic heterocycles. The van der Waals surface area contributed by atoms with Gasteiger partial charge in [-0.15, -0.1) is 0 Å². The fourth-order valence-electron chi connectivity index (χ4n) is 2.05. The van der Waals surface area contributed by atoms with E-state index in [4.69, 9.17) is 4.74 Å². The van der Waals surface area contributed by atoms with Gasteiger partial charge in [0.15, 0.2) is 11.6 Å². The summed E-state index contributed by atoms with van der Waals surface area (Å²) in [7, 11) is 1.56. The topological polar surface area (TPSA) is 57.1 Å². The van der Waals surface area contributed by atoms with Crippen molar-refractivity contribution in [1.82, 2.24) is 15.0 Å². The van der Waals surface area contributed by atoms with Gasteiger partial charge in [0.2, 0.25) is 0 Å². The molecule has 0 atom stereocenters. The number of nitrogens with zero attached hydrogens (tertiary/aromatic N) is 3. The van der Waals surface area contributed by atoms with Gasteiger partial charge in [-0.2, -0.15) is 0 Å². The Bertz CT molecular complexity index is 808. The van der Waals surface area contributed by atoms with Crippen LogP contribution in [-0.2, 0) is 0 Å². The SMILES string of the molecule is COc1ccc2c(OF)cc(-c3nccc(C)n3)nc2c1. The molecule has 0 fully saturated rings. The van der Waals surface area contributed by atoms with Crippen molar-refractivity contribution in [3.8, 4) is 23.0 Å². The Labute approximate surface area is 120 Å². The first kappa shape index (κ1) is 13.2. The van der Waals surface area contributed by atoms with Crippen LogP contribution in [0.4, 0.5) is 4.53 Å². The Morgan fingerprint density at radius 2 is 1.95 bits per heavy atom. The molecule has 0 unspecified atom stereocenters. The third-order valence-corrected chi connectivity index (χ3v) is 3.09.